The minimum atomic E-state index is 0.0324. The summed E-state index contributed by atoms with van der Waals surface area (Å²) in [6, 6.07) is 15.7. The van der Waals surface area contributed by atoms with Crippen molar-refractivity contribution in [3.05, 3.63) is 64.7 Å². The molecule has 1 aliphatic rings. The van der Waals surface area contributed by atoms with Crippen LogP contribution in [0.25, 0.3) is 0 Å². The molecule has 1 aliphatic heterocycles. The lowest BCUT2D eigenvalue weighted by Gasteiger charge is -2.28. The third kappa shape index (κ3) is 4.99. The topological polar surface area (TPSA) is 41.6 Å². The predicted molar refractivity (Wildman–Crippen MR) is 105 cm³/mol. The number of benzene rings is 2. The van der Waals surface area contributed by atoms with E-state index in [0.717, 1.165) is 24.4 Å². The first-order chi connectivity index (χ1) is 12.7. The monoisotopic (exact) mass is 372 g/mol. The van der Waals surface area contributed by atoms with Crippen LogP contribution in [0.3, 0.4) is 0 Å². The number of halogens is 1. The molecule has 1 fully saturated rings. The fraction of sp³-hybridized carbons (Fsp3) is 0.381. The summed E-state index contributed by atoms with van der Waals surface area (Å²) in [5.74, 6) is 0.880. The van der Waals surface area contributed by atoms with E-state index in [9.17, 15) is 4.79 Å². The molecule has 2 aromatic carbocycles. The first-order valence-corrected chi connectivity index (χ1v) is 9.42. The average molecular weight is 373 g/mol. The summed E-state index contributed by atoms with van der Waals surface area (Å²) in [6.07, 6.45) is 2.79. The van der Waals surface area contributed by atoms with E-state index in [2.05, 4.69) is 22.3 Å². The molecule has 1 saturated heterocycles. The molecule has 0 unspecified atom stereocenters. The Morgan fingerprint density at radius 1 is 1.12 bits per heavy atom. The van der Waals surface area contributed by atoms with Gasteiger partial charge in [0.05, 0.1) is 19.6 Å². The Labute approximate surface area is 160 Å². The second-order valence-electron chi connectivity index (χ2n) is 6.64. The maximum atomic E-state index is 12.4. The highest BCUT2D eigenvalue weighted by atomic mass is 35.5. The Hall–Kier alpha value is -2.04. The Bertz CT molecular complexity index is 710. The number of rotatable bonds is 7. The van der Waals surface area contributed by atoms with Gasteiger partial charge in [0.1, 0.15) is 5.75 Å². The quantitative estimate of drug-likeness (QED) is 0.802. The lowest BCUT2D eigenvalue weighted by Crippen LogP contribution is -2.37. The molecule has 5 heteroatoms. The maximum Gasteiger partial charge on any atom is 0.224 e. The van der Waals surface area contributed by atoms with Crippen LogP contribution in [0.5, 0.6) is 5.75 Å². The summed E-state index contributed by atoms with van der Waals surface area (Å²) >= 11 is 5.90. The minimum Gasteiger partial charge on any atom is -0.497 e. The van der Waals surface area contributed by atoms with Gasteiger partial charge < -0.3 is 10.1 Å². The molecule has 0 radical (unpaired) electrons. The van der Waals surface area contributed by atoms with Gasteiger partial charge in [-0.2, -0.15) is 0 Å². The largest absolute Gasteiger partial charge is 0.497 e. The van der Waals surface area contributed by atoms with E-state index in [1.807, 2.05) is 36.4 Å². The van der Waals surface area contributed by atoms with Gasteiger partial charge in [-0.3, -0.25) is 9.69 Å². The van der Waals surface area contributed by atoms with Crippen LogP contribution in [0, 0.1) is 0 Å². The molecule has 138 valence electrons. The van der Waals surface area contributed by atoms with Gasteiger partial charge in [0.25, 0.3) is 0 Å². The summed E-state index contributed by atoms with van der Waals surface area (Å²) in [5.41, 5.74) is 2.17. The fourth-order valence-corrected chi connectivity index (χ4v) is 3.52. The molecule has 3 rings (SSSR count). The van der Waals surface area contributed by atoms with Gasteiger partial charge in [0.15, 0.2) is 0 Å². The van der Waals surface area contributed by atoms with Gasteiger partial charge in [-0.25, -0.2) is 0 Å². The van der Waals surface area contributed by atoms with Gasteiger partial charge in [0.2, 0.25) is 5.91 Å². The van der Waals surface area contributed by atoms with Gasteiger partial charge in [0, 0.05) is 11.6 Å². The summed E-state index contributed by atoms with van der Waals surface area (Å²) in [4.78, 5) is 14.8. The van der Waals surface area contributed by atoms with E-state index < -0.39 is 0 Å². The summed E-state index contributed by atoms with van der Waals surface area (Å²) in [5, 5.41) is 3.79. The van der Waals surface area contributed by atoms with E-state index in [4.69, 9.17) is 16.3 Å². The van der Waals surface area contributed by atoms with Gasteiger partial charge in [-0.05, 0) is 61.3 Å². The van der Waals surface area contributed by atoms with Crippen LogP contribution >= 0.6 is 11.6 Å². The van der Waals surface area contributed by atoms with Crippen molar-refractivity contribution in [3.8, 4) is 5.75 Å². The highest BCUT2D eigenvalue weighted by Crippen LogP contribution is 2.26. The lowest BCUT2D eigenvalue weighted by atomic mass is 10.0. The number of amides is 1. The molecule has 1 amide bonds. The highest BCUT2D eigenvalue weighted by molar-refractivity contribution is 6.30. The number of carbonyl (C=O) groups is 1. The number of likely N-dealkylation sites (tertiary alicyclic amines) is 1. The standard InChI is InChI=1S/C21H25ClN2O2/c1-26-19-10-6-17(7-11-19)20(24-12-2-3-13-24)15-23-21(25)14-16-4-8-18(22)9-5-16/h4-11,20H,2-3,12-15H2,1H3,(H,23,25)/t20-/m1/s1. The van der Waals surface area contributed by atoms with Crippen molar-refractivity contribution in [3.63, 3.8) is 0 Å². The van der Waals surface area contributed by atoms with E-state index in [1.165, 1.54) is 18.4 Å². The van der Waals surface area contributed by atoms with Gasteiger partial charge in [-0.1, -0.05) is 35.9 Å². The number of hydrogen-bond donors (Lipinski definition) is 1. The van der Waals surface area contributed by atoms with Crippen LogP contribution in [0.4, 0.5) is 0 Å². The molecule has 0 aromatic heterocycles. The van der Waals surface area contributed by atoms with Crippen molar-refractivity contribution < 1.29 is 9.53 Å². The van der Waals surface area contributed by atoms with E-state index in [1.54, 1.807) is 7.11 Å². The smallest absolute Gasteiger partial charge is 0.224 e. The van der Waals surface area contributed by atoms with Crippen molar-refractivity contribution in [2.75, 3.05) is 26.7 Å². The zero-order valence-electron chi connectivity index (χ0n) is 15.1. The molecule has 1 N–H and O–H groups in total. The van der Waals surface area contributed by atoms with Crippen LogP contribution < -0.4 is 10.1 Å². The number of nitrogens with zero attached hydrogens (tertiary/aromatic N) is 1. The molecule has 1 atom stereocenters. The Morgan fingerprint density at radius 2 is 1.77 bits per heavy atom. The van der Waals surface area contributed by atoms with Crippen LogP contribution in [0.1, 0.15) is 30.0 Å². The van der Waals surface area contributed by atoms with Crippen LogP contribution in [-0.4, -0.2) is 37.6 Å². The number of carbonyl (C=O) groups excluding carboxylic acids is 1. The summed E-state index contributed by atoms with van der Waals surface area (Å²) in [6.45, 7) is 2.76. The van der Waals surface area contributed by atoms with E-state index in [-0.39, 0.29) is 11.9 Å². The zero-order chi connectivity index (χ0) is 18.4. The molecule has 0 aliphatic carbocycles. The van der Waals surface area contributed by atoms with Crippen molar-refractivity contribution in [1.29, 1.82) is 0 Å². The number of ether oxygens (including phenoxy) is 1. The lowest BCUT2D eigenvalue weighted by molar-refractivity contribution is -0.120. The average Bonchev–Trinajstić information content (AvgIpc) is 3.19. The van der Waals surface area contributed by atoms with E-state index in [0.29, 0.717) is 18.0 Å². The third-order valence-corrected chi connectivity index (χ3v) is 5.10. The minimum absolute atomic E-state index is 0.0324. The normalized spacial score (nSPS) is 15.6. The zero-order valence-corrected chi connectivity index (χ0v) is 15.8. The van der Waals surface area contributed by atoms with Crippen molar-refractivity contribution in [2.45, 2.75) is 25.3 Å². The molecular formula is C21H25ClN2O2. The molecule has 0 saturated carbocycles. The Morgan fingerprint density at radius 3 is 2.38 bits per heavy atom. The second kappa shape index (κ2) is 9.06. The SMILES string of the molecule is COc1ccc([C@@H](CNC(=O)Cc2ccc(Cl)cc2)N2CCCC2)cc1. The molecule has 4 nitrogen and oxygen atoms in total. The van der Waals surface area contributed by atoms with Crippen molar-refractivity contribution >= 4 is 17.5 Å². The highest BCUT2D eigenvalue weighted by Gasteiger charge is 2.24. The molecule has 1 heterocycles. The Balaban J connectivity index is 1.63. The van der Waals surface area contributed by atoms with Crippen LogP contribution in [-0.2, 0) is 11.2 Å². The first-order valence-electron chi connectivity index (χ1n) is 9.05. The molecular weight excluding hydrogens is 348 g/mol. The number of methoxy groups -OCH3 is 1. The molecule has 0 spiro atoms. The molecule has 2 aromatic rings. The van der Waals surface area contributed by atoms with Crippen molar-refractivity contribution in [2.24, 2.45) is 0 Å². The predicted octanol–water partition coefficient (Wildman–Crippen LogP) is 3.84. The number of hydrogen-bond acceptors (Lipinski definition) is 3. The first kappa shape index (κ1) is 18.7. The summed E-state index contributed by atoms with van der Waals surface area (Å²) in [7, 11) is 1.67. The Kier molecular flexibility index (Phi) is 6.53. The maximum absolute atomic E-state index is 12.4. The molecule has 26 heavy (non-hydrogen) atoms. The van der Waals surface area contributed by atoms with E-state index >= 15 is 0 Å². The number of nitrogens with one attached hydrogen (secondary N) is 1. The third-order valence-electron chi connectivity index (χ3n) is 4.85. The van der Waals surface area contributed by atoms with Crippen molar-refractivity contribution in [1.82, 2.24) is 10.2 Å². The second-order valence-corrected chi connectivity index (χ2v) is 7.08. The van der Waals surface area contributed by atoms with Crippen LogP contribution in [0.2, 0.25) is 5.02 Å². The molecule has 0 bridgehead atoms. The van der Waals surface area contributed by atoms with Gasteiger partial charge >= 0.3 is 0 Å². The van der Waals surface area contributed by atoms with Gasteiger partial charge in [-0.15, -0.1) is 0 Å². The fourth-order valence-electron chi connectivity index (χ4n) is 3.40. The summed E-state index contributed by atoms with van der Waals surface area (Å²) < 4.78 is 5.25. The van der Waals surface area contributed by atoms with Crippen LogP contribution in [0.15, 0.2) is 48.5 Å².